The van der Waals surface area contributed by atoms with Gasteiger partial charge in [0.25, 0.3) is 0 Å². The highest BCUT2D eigenvalue weighted by atomic mass is 14.7. The van der Waals surface area contributed by atoms with Gasteiger partial charge in [0.05, 0.1) is 0 Å². The van der Waals surface area contributed by atoms with Crippen molar-refractivity contribution in [2.45, 2.75) is 47.0 Å². The Balaban J connectivity index is 4.58. The van der Waals surface area contributed by atoms with Crippen LogP contribution in [-0.2, 0) is 0 Å². The number of aliphatic imine (C=N–C) groups is 1. The summed E-state index contributed by atoms with van der Waals surface area (Å²) in [6.45, 7) is 8.47. The summed E-state index contributed by atoms with van der Waals surface area (Å²) in [4.78, 5) is 4.44. The zero-order valence-electron chi connectivity index (χ0n) is 9.96. The molecule has 0 radical (unpaired) electrons. The summed E-state index contributed by atoms with van der Waals surface area (Å²) in [5.41, 5.74) is 1.22. The molecule has 0 fully saturated rings. The van der Waals surface area contributed by atoms with E-state index in [9.17, 15) is 0 Å². The molecule has 1 unspecified atom stereocenters. The smallest absolute Gasteiger partial charge is 0.0430 e. The van der Waals surface area contributed by atoms with Crippen LogP contribution < -0.4 is 0 Å². The Bertz CT molecular complexity index is 211. The lowest BCUT2D eigenvalue weighted by Crippen LogP contribution is -2.01. The fourth-order valence-corrected chi connectivity index (χ4v) is 1.54. The maximum atomic E-state index is 4.44. The second kappa shape index (κ2) is 8.74. The Labute approximate surface area is 88.6 Å². The van der Waals surface area contributed by atoms with E-state index < -0.39 is 0 Å². The van der Waals surface area contributed by atoms with Crippen LogP contribution in [0.1, 0.15) is 47.0 Å². The lowest BCUT2D eigenvalue weighted by molar-refractivity contribution is 0.530. The van der Waals surface area contributed by atoms with Gasteiger partial charge in [-0.05, 0) is 32.8 Å². The number of nitrogens with zero attached hydrogens (tertiary/aromatic N) is 1. The normalized spacial score (nSPS) is 15.6. The van der Waals surface area contributed by atoms with E-state index in [0.717, 1.165) is 0 Å². The molecule has 0 N–H and O–H groups in total. The van der Waals surface area contributed by atoms with Gasteiger partial charge < -0.3 is 0 Å². The Morgan fingerprint density at radius 2 is 2.00 bits per heavy atom. The number of hydrogen-bond acceptors (Lipinski definition) is 1. The van der Waals surface area contributed by atoms with Crippen LogP contribution in [0.3, 0.4) is 0 Å². The van der Waals surface area contributed by atoms with E-state index >= 15 is 0 Å². The summed E-state index contributed by atoms with van der Waals surface area (Å²) in [7, 11) is 0. The molecule has 0 aromatic rings. The number of hydrogen-bond donors (Lipinski definition) is 0. The molecule has 14 heavy (non-hydrogen) atoms. The van der Waals surface area contributed by atoms with Crippen LogP contribution in [0.5, 0.6) is 0 Å². The van der Waals surface area contributed by atoms with Crippen molar-refractivity contribution in [3.63, 3.8) is 0 Å². The maximum absolute atomic E-state index is 4.44. The minimum absolute atomic E-state index is 0.618. The largest absolute Gasteiger partial charge is 0.266 e. The van der Waals surface area contributed by atoms with E-state index in [2.05, 4.69) is 31.0 Å². The van der Waals surface area contributed by atoms with Crippen molar-refractivity contribution >= 4 is 6.21 Å². The van der Waals surface area contributed by atoms with Gasteiger partial charge in [-0.2, -0.15) is 0 Å². The highest BCUT2D eigenvalue weighted by Crippen LogP contribution is 2.21. The Kier molecular flexibility index (Phi) is 8.20. The predicted octanol–water partition coefficient (Wildman–Crippen LogP) is 4.36. The summed E-state index contributed by atoms with van der Waals surface area (Å²) < 4.78 is 0. The quantitative estimate of drug-likeness (QED) is 0.439. The summed E-state index contributed by atoms with van der Waals surface area (Å²) in [5, 5.41) is 0. The minimum atomic E-state index is 0.618. The number of allylic oxidation sites excluding steroid dienone is 4. The van der Waals surface area contributed by atoms with Crippen molar-refractivity contribution in [3.8, 4) is 0 Å². The van der Waals surface area contributed by atoms with Gasteiger partial charge in [-0.15, -0.1) is 0 Å². The summed E-state index contributed by atoms with van der Waals surface area (Å²) in [5.74, 6) is 0.618. The van der Waals surface area contributed by atoms with Crippen LogP contribution >= 0.6 is 0 Å². The van der Waals surface area contributed by atoms with Crippen LogP contribution in [0.2, 0.25) is 0 Å². The van der Waals surface area contributed by atoms with Crippen molar-refractivity contribution < 1.29 is 0 Å². The molecule has 1 heteroatoms. The van der Waals surface area contributed by atoms with Gasteiger partial charge in [0.15, 0.2) is 0 Å². The van der Waals surface area contributed by atoms with Crippen molar-refractivity contribution in [2.75, 3.05) is 0 Å². The maximum Gasteiger partial charge on any atom is 0.0430 e. The minimum Gasteiger partial charge on any atom is -0.266 e. The zero-order chi connectivity index (χ0) is 10.8. The van der Waals surface area contributed by atoms with E-state index in [1.165, 1.54) is 25.0 Å². The standard InChI is InChI=1S/C13H23N/c1-5-9-11-13(14-8-4)12(7-3)10-6-2/h5,8-9,11-12H,6-7,10H2,1-4H3/b9-5-,13-11-,14-8?. The highest BCUT2D eigenvalue weighted by Gasteiger charge is 2.08. The molecule has 80 valence electrons. The average Bonchev–Trinajstić information content (AvgIpc) is 2.21. The Morgan fingerprint density at radius 3 is 2.43 bits per heavy atom. The van der Waals surface area contributed by atoms with Crippen LogP contribution in [0.15, 0.2) is 28.9 Å². The molecular formula is C13H23N. The molecule has 0 saturated carbocycles. The second-order valence-electron chi connectivity index (χ2n) is 3.40. The third-order valence-corrected chi connectivity index (χ3v) is 2.29. The van der Waals surface area contributed by atoms with E-state index in [1.807, 2.05) is 26.1 Å². The van der Waals surface area contributed by atoms with Crippen LogP contribution in [-0.4, -0.2) is 6.21 Å². The van der Waals surface area contributed by atoms with E-state index in [0.29, 0.717) is 5.92 Å². The SMILES string of the molecule is CC=N/C(=C\C=C/C)C(CC)CCC. The lowest BCUT2D eigenvalue weighted by atomic mass is 9.96. The second-order valence-corrected chi connectivity index (χ2v) is 3.40. The molecule has 0 aliphatic rings. The van der Waals surface area contributed by atoms with Gasteiger partial charge in [0, 0.05) is 17.8 Å². The summed E-state index contributed by atoms with van der Waals surface area (Å²) in [6.07, 6.45) is 11.8. The fraction of sp³-hybridized carbons (Fsp3) is 0.615. The van der Waals surface area contributed by atoms with Gasteiger partial charge in [0.1, 0.15) is 0 Å². The lowest BCUT2D eigenvalue weighted by Gasteiger charge is -2.13. The van der Waals surface area contributed by atoms with Crippen molar-refractivity contribution in [1.29, 1.82) is 0 Å². The average molecular weight is 193 g/mol. The van der Waals surface area contributed by atoms with E-state index in [-0.39, 0.29) is 0 Å². The third-order valence-electron chi connectivity index (χ3n) is 2.29. The molecule has 0 bridgehead atoms. The van der Waals surface area contributed by atoms with Gasteiger partial charge in [-0.25, -0.2) is 0 Å². The van der Waals surface area contributed by atoms with Crippen LogP contribution in [0.25, 0.3) is 0 Å². The first kappa shape index (κ1) is 13.2. The molecule has 0 rings (SSSR count). The molecule has 0 spiro atoms. The predicted molar refractivity (Wildman–Crippen MR) is 65.8 cm³/mol. The topological polar surface area (TPSA) is 12.4 Å². The molecule has 0 heterocycles. The molecule has 0 saturated heterocycles. The van der Waals surface area contributed by atoms with Crippen LogP contribution in [0, 0.1) is 5.92 Å². The summed E-state index contributed by atoms with van der Waals surface area (Å²) in [6, 6.07) is 0. The Hall–Kier alpha value is -0.850. The summed E-state index contributed by atoms with van der Waals surface area (Å²) >= 11 is 0. The molecule has 1 atom stereocenters. The van der Waals surface area contributed by atoms with Crippen molar-refractivity contribution in [1.82, 2.24) is 0 Å². The van der Waals surface area contributed by atoms with Crippen molar-refractivity contribution in [3.05, 3.63) is 23.9 Å². The fourth-order valence-electron chi connectivity index (χ4n) is 1.54. The monoisotopic (exact) mass is 193 g/mol. The first-order valence-electron chi connectivity index (χ1n) is 5.61. The first-order valence-corrected chi connectivity index (χ1v) is 5.61. The third kappa shape index (κ3) is 5.00. The first-order chi connectivity index (χ1) is 6.79. The van der Waals surface area contributed by atoms with Gasteiger partial charge in [0.2, 0.25) is 0 Å². The van der Waals surface area contributed by atoms with Crippen LogP contribution in [0.4, 0.5) is 0 Å². The zero-order valence-corrected chi connectivity index (χ0v) is 9.96. The highest BCUT2D eigenvalue weighted by molar-refractivity contribution is 5.55. The molecule has 0 aliphatic heterocycles. The molecule has 0 aromatic carbocycles. The Morgan fingerprint density at radius 1 is 1.29 bits per heavy atom. The molecule has 1 nitrogen and oxygen atoms in total. The molecule has 0 amide bonds. The molecular weight excluding hydrogens is 170 g/mol. The van der Waals surface area contributed by atoms with Gasteiger partial charge >= 0.3 is 0 Å². The molecule has 0 aliphatic carbocycles. The van der Waals surface area contributed by atoms with Crippen molar-refractivity contribution in [2.24, 2.45) is 10.9 Å². The van der Waals surface area contributed by atoms with Gasteiger partial charge in [-0.3, -0.25) is 4.99 Å². The van der Waals surface area contributed by atoms with E-state index in [1.54, 1.807) is 0 Å². The van der Waals surface area contributed by atoms with E-state index in [4.69, 9.17) is 0 Å². The number of rotatable bonds is 6. The van der Waals surface area contributed by atoms with Gasteiger partial charge in [-0.1, -0.05) is 32.4 Å². The molecule has 0 aromatic heterocycles.